The van der Waals surface area contributed by atoms with Crippen LogP contribution in [0.15, 0.2) is 12.3 Å². The predicted octanol–water partition coefficient (Wildman–Crippen LogP) is 3.10. The molecule has 1 N–H and O–H groups in total. The molecular weight excluding hydrogens is 286 g/mol. The van der Waals surface area contributed by atoms with Crippen molar-refractivity contribution in [3.05, 3.63) is 22.8 Å². The van der Waals surface area contributed by atoms with Crippen LogP contribution in [0.5, 0.6) is 5.88 Å². The van der Waals surface area contributed by atoms with Crippen LogP contribution in [0.2, 0.25) is 5.02 Å². The molecule has 0 atom stereocenters. The van der Waals surface area contributed by atoms with Crippen LogP contribution < -0.4 is 10.1 Å². The molecule has 0 bridgehead atoms. The fraction of sp³-hybridized carbons (Fsp3) is 0.688. The first-order chi connectivity index (χ1) is 10.3. The smallest absolute Gasteiger partial charge is 0.213 e. The first kappa shape index (κ1) is 16.5. The standard InChI is InChI=1S/C16H26ClN3O/c1-2-6-18-12-14-11-16(19-13-15(14)17)21-10-9-20-7-4-3-5-8-20/h11,13,18H,2-10,12H2,1H3. The van der Waals surface area contributed by atoms with Gasteiger partial charge in [0.2, 0.25) is 5.88 Å². The van der Waals surface area contributed by atoms with Gasteiger partial charge in [0, 0.05) is 25.4 Å². The van der Waals surface area contributed by atoms with Crippen molar-refractivity contribution < 1.29 is 4.74 Å². The van der Waals surface area contributed by atoms with E-state index in [1.165, 1.54) is 32.4 Å². The predicted molar refractivity (Wildman–Crippen MR) is 87.0 cm³/mol. The summed E-state index contributed by atoms with van der Waals surface area (Å²) in [6.07, 6.45) is 6.78. The zero-order chi connectivity index (χ0) is 14.9. The average Bonchev–Trinajstić information content (AvgIpc) is 2.51. The van der Waals surface area contributed by atoms with Crippen LogP contribution in [0.4, 0.5) is 0 Å². The van der Waals surface area contributed by atoms with Crippen LogP contribution in [0.25, 0.3) is 0 Å². The maximum atomic E-state index is 6.16. The Morgan fingerprint density at radius 2 is 2.14 bits per heavy atom. The number of pyridine rings is 1. The van der Waals surface area contributed by atoms with Gasteiger partial charge >= 0.3 is 0 Å². The van der Waals surface area contributed by atoms with Crippen LogP contribution in [0, 0.1) is 0 Å². The molecule has 2 rings (SSSR count). The second-order valence-corrected chi connectivity index (χ2v) is 5.95. The third-order valence-electron chi connectivity index (χ3n) is 3.76. The molecule has 2 heterocycles. The molecule has 0 unspecified atom stereocenters. The molecule has 0 saturated carbocycles. The molecule has 5 heteroatoms. The molecule has 1 saturated heterocycles. The third-order valence-corrected chi connectivity index (χ3v) is 4.10. The molecule has 21 heavy (non-hydrogen) atoms. The van der Waals surface area contributed by atoms with Gasteiger partial charge in [-0.2, -0.15) is 0 Å². The molecule has 1 fully saturated rings. The minimum atomic E-state index is 0.671. The van der Waals surface area contributed by atoms with E-state index >= 15 is 0 Å². The normalized spacial score (nSPS) is 16.1. The van der Waals surface area contributed by atoms with Crippen molar-refractivity contribution in [1.82, 2.24) is 15.2 Å². The van der Waals surface area contributed by atoms with Gasteiger partial charge in [0.15, 0.2) is 0 Å². The average molecular weight is 312 g/mol. The third kappa shape index (κ3) is 5.81. The van der Waals surface area contributed by atoms with Crippen molar-refractivity contribution in [3.63, 3.8) is 0 Å². The zero-order valence-electron chi connectivity index (χ0n) is 12.9. The Labute approximate surface area is 132 Å². The second-order valence-electron chi connectivity index (χ2n) is 5.54. The van der Waals surface area contributed by atoms with E-state index in [-0.39, 0.29) is 0 Å². The molecular formula is C16H26ClN3O. The number of rotatable bonds is 8. The Kier molecular flexibility index (Phi) is 7.27. The molecule has 0 amide bonds. The minimum Gasteiger partial charge on any atom is -0.476 e. The Morgan fingerprint density at radius 1 is 1.33 bits per heavy atom. The van der Waals surface area contributed by atoms with Gasteiger partial charge in [0.05, 0.1) is 5.02 Å². The van der Waals surface area contributed by atoms with Gasteiger partial charge < -0.3 is 10.1 Å². The molecule has 1 aromatic heterocycles. The number of ether oxygens (including phenoxy) is 1. The minimum absolute atomic E-state index is 0.671. The zero-order valence-corrected chi connectivity index (χ0v) is 13.7. The summed E-state index contributed by atoms with van der Waals surface area (Å²) in [4.78, 5) is 6.71. The molecule has 1 aromatic rings. The number of halogens is 1. The van der Waals surface area contributed by atoms with Crippen molar-refractivity contribution in [2.24, 2.45) is 0 Å². The Bertz CT molecular complexity index is 422. The maximum absolute atomic E-state index is 6.16. The van der Waals surface area contributed by atoms with Crippen molar-refractivity contribution in [2.75, 3.05) is 32.8 Å². The molecule has 118 valence electrons. The van der Waals surface area contributed by atoms with Gasteiger partial charge in [0.25, 0.3) is 0 Å². The lowest BCUT2D eigenvalue weighted by molar-refractivity contribution is 0.180. The van der Waals surface area contributed by atoms with Gasteiger partial charge in [-0.15, -0.1) is 0 Å². The summed E-state index contributed by atoms with van der Waals surface area (Å²) in [5.41, 5.74) is 1.05. The Balaban J connectivity index is 1.78. The summed E-state index contributed by atoms with van der Waals surface area (Å²) in [6.45, 7) is 7.97. The van der Waals surface area contributed by atoms with E-state index in [1.807, 2.05) is 6.07 Å². The largest absolute Gasteiger partial charge is 0.476 e. The number of nitrogens with zero attached hydrogens (tertiary/aromatic N) is 2. The van der Waals surface area contributed by atoms with Gasteiger partial charge in [-0.1, -0.05) is 24.9 Å². The lowest BCUT2D eigenvalue weighted by atomic mass is 10.1. The lowest BCUT2D eigenvalue weighted by Crippen LogP contribution is -2.33. The van der Waals surface area contributed by atoms with E-state index in [9.17, 15) is 0 Å². The highest BCUT2D eigenvalue weighted by molar-refractivity contribution is 6.31. The molecule has 0 radical (unpaired) electrons. The molecule has 1 aliphatic rings. The summed E-state index contributed by atoms with van der Waals surface area (Å²) >= 11 is 6.16. The van der Waals surface area contributed by atoms with Crippen LogP contribution in [-0.4, -0.2) is 42.7 Å². The van der Waals surface area contributed by atoms with Gasteiger partial charge in [-0.05, 0) is 44.5 Å². The van der Waals surface area contributed by atoms with Crippen LogP contribution in [0.3, 0.4) is 0 Å². The van der Waals surface area contributed by atoms with E-state index < -0.39 is 0 Å². The molecule has 0 spiro atoms. The second kappa shape index (κ2) is 9.23. The van der Waals surface area contributed by atoms with Crippen LogP contribution >= 0.6 is 11.6 Å². The van der Waals surface area contributed by atoms with Gasteiger partial charge in [0.1, 0.15) is 6.61 Å². The summed E-state index contributed by atoms with van der Waals surface area (Å²) in [5, 5.41) is 4.05. The number of aromatic nitrogens is 1. The van der Waals surface area contributed by atoms with E-state index in [0.29, 0.717) is 17.5 Å². The number of likely N-dealkylation sites (tertiary alicyclic amines) is 1. The molecule has 0 aliphatic carbocycles. The summed E-state index contributed by atoms with van der Waals surface area (Å²) < 4.78 is 5.77. The van der Waals surface area contributed by atoms with E-state index in [1.54, 1.807) is 6.20 Å². The van der Waals surface area contributed by atoms with E-state index in [2.05, 4.69) is 22.1 Å². The first-order valence-electron chi connectivity index (χ1n) is 8.00. The van der Waals surface area contributed by atoms with Gasteiger partial charge in [-0.25, -0.2) is 4.98 Å². The fourth-order valence-electron chi connectivity index (χ4n) is 2.54. The highest BCUT2D eigenvalue weighted by atomic mass is 35.5. The fourth-order valence-corrected chi connectivity index (χ4v) is 2.71. The number of piperidine rings is 1. The molecule has 4 nitrogen and oxygen atoms in total. The molecule has 1 aliphatic heterocycles. The SMILES string of the molecule is CCCNCc1cc(OCCN2CCCCC2)ncc1Cl. The first-order valence-corrected chi connectivity index (χ1v) is 8.37. The summed E-state index contributed by atoms with van der Waals surface area (Å²) in [7, 11) is 0. The highest BCUT2D eigenvalue weighted by Gasteiger charge is 2.10. The monoisotopic (exact) mass is 311 g/mol. The van der Waals surface area contributed by atoms with E-state index in [4.69, 9.17) is 16.3 Å². The Morgan fingerprint density at radius 3 is 2.90 bits per heavy atom. The summed E-state index contributed by atoms with van der Waals surface area (Å²) in [6, 6.07) is 1.95. The van der Waals surface area contributed by atoms with Crippen LogP contribution in [-0.2, 0) is 6.54 Å². The number of nitrogens with one attached hydrogen (secondary N) is 1. The summed E-state index contributed by atoms with van der Waals surface area (Å²) in [5.74, 6) is 0.671. The van der Waals surface area contributed by atoms with Crippen molar-refractivity contribution >= 4 is 11.6 Å². The number of hydrogen-bond donors (Lipinski definition) is 1. The quantitative estimate of drug-likeness (QED) is 0.749. The van der Waals surface area contributed by atoms with E-state index in [0.717, 1.165) is 31.6 Å². The maximum Gasteiger partial charge on any atom is 0.213 e. The lowest BCUT2D eigenvalue weighted by Gasteiger charge is -2.26. The van der Waals surface area contributed by atoms with Crippen molar-refractivity contribution in [2.45, 2.75) is 39.2 Å². The van der Waals surface area contributed by atoms with Gasteiger partial charge in [-0.3, -0.25) is 4.90 Å². The topological polar surface area (TPSA) is 37.4 Å². The van der Waals surface area contributed by atoms with Crippen molar-refractivity contribution in [1.29, 1.82) is 0 Å². The number of hydrogen-bond acceptors (Lipinski definition) is 4. The Hall–Kier alpha value is -0.840. The van der Waals surface area contributed by atoms with Crippen LogP contribution in [0.1, 0.15) is 38.2 Å². The molecule has 0 aromatic carbocycles. The van der Waals surface area contributed by atoms with Crippen molar-refractivity contribution in [3.8, 4) is 5.88 Å². The highest BCUT2D eigenvalue weighted by Crippen LogP contribution is 2.19.